The molecule has 1 aromatic carbocycles. The van der Waals surface area contributed by atoms with Crippen LogP contribution in [0.1, 0.15) is 54.9 Å². The molecule has 0 saturated heterocycles. The van der Waals surface area contributed by atoms with E-state index in [9.17, 15) is 9.59 Å². The molecule has 0 aliphatic heterocycles. The van der Waals surface area contributed by atoms with Gasteiger partial charge in [-0.05, 0) is 36.3 Å². The monoisotopic (exact) mass is 321 g/mol. The number of aliphatic carboxylic acids is 1. The van der Waals surface area contributed by atoms with Gasteiger partial charge in [0, 0.05) is 11.3 Å². The fourth-order valence-electron chi connectivity index (χ4n) is 2.97. The molecule has 1 fully saturated rings. The third-order valence-corrected chi connectivity index (χ3v) is 5.06. The predicted molar refractivity (Wildman–Crippen MR) is 89.2 cm³/mol. The van der Waals surface area contributed by atoms with Crippen LogP contribution >= 0.6 is 11.8 Å². The highest BCUT2D eigenvalue weighted by Crippen LogP contribution is 2.33. The van der Waals surface area contributed by atoms with E-state index in [0.717, 1.165) is 37.2 Å². The van der Waals surface area contributed by atoms with Crippen LogP contribution in [0.4, 0.5) is 0 Å². The zero-order chi connectivity index (χ0) is 16.0. The molecular formula is C17H23NO3S. The molecule has 5 heteroatoms. The van der Waals surface area contributed by atoms with Crippen LogP contribution in [0.25, 0.3) is 0 Å². The number of hydrogen-bond donors (Lipinski definition) is 2. The van der Waals surface area contributed by atoms with Gasteiger partial charge in [0.15, 0.2) is 0 Å². The van der Waals surface area contributed by atoms with Crippen LogP contribution in [0.5, 0.6) is 0 Å². The number of carboxylic acids is 1. The first-order valence-electron chi connectivity index (χ1n) is 7.76. The fourth-order valence-corrected chi connectivity index (χ4v) is 3.60. The summed E-state index contributed by atoms with van der Waals surface area (Å²) in [4.78, 5) is 23.5. The van der Waals surface area contributed by atoms with Gasteiger partial charge >= 0.3 is 5.97 Å². The van der Waals surface area contributed by atoms with Crippen molar-refractivity contribution in [3.8, 4) is 0 Å². The van der Waals surface area contributed by atoms with Crippen molar-refractivity contribution in [1.82, 2.24) is 5.32 Å². The predicted octanol–water partition coefficient (Wildman–Crippen LogP) is 3.46. The average molecular weight is 321 g/mol. The van der Waals surface area contributed by atoms with Crippen molar-refractivity contribution in [2.24, 2.45) is 0 Å². The number of carboxylic acid groups (broad SMARTS) is 1. The lowest BCUT2D eigenvalue weighted by Gasteiger charge is -2.28. The summed E-state index contributed by atoms with van der Waals surface area (Å²) in [6.07, 6.45) is 3.44. The van der Waals surface area contributed by atoms with Gasteiger partial charge < -0.3 is 10.4 Å². The Morgan fingerprint density at radius 3 is 2.41 bits per heavy atom. The molecule has 2 rings (SSSR count). The summed E-state index contributed by atoms with van der Waals surface area (Å²) < 4.78 is 0. The maximum Gasteiger partial charge on any atom is 0.305 e. The Hall–Kier alpha value is -1.49. The van der Waals surface area contributed by atoms with E-state index >= 15 is 0 Å². The minimum Gasteiger partial charge on any atom is -0.481 e. The van der Waals surface area contributed by atoms with Crippen LogP contribution in [0.3, 0.4) is 0 Å². The highest BCUT2D eigenvalue weighted by Gasteiger charge is 2.37. The first-order valence-corrected chi connectivity index (χ1v) is 8.91. The van der Waals surface area contributed by atoms with Gasteiger partial charge in [0.2, 0.25) is 0 Å². The molecule has 1 amide bonds. The second-order valence-corrected chi connectivity index (χ2v) is 7.12. The third-order valence-electron chi connectivity index (χ3n) is 4.12. The Morgan fingerprint density at radius 1 is 1.23 bits per heavy atom. The molecule has 0 spiro atoms. The number of thioether (sulfide) groups is 1. The number of nitrogens with one attached hydrogen (secondary N) is 1. The Morgan fingerprint density at radius 2 is 1.86 bits per heavy atom. The summed E-state index contributed by atoms with van der Waals surface area (Å²) >= 11 is 1.84. The molecule has 0 unspecified atom stereocenters. The van der Waals surface area contributed by atoms with Gasteiger partial charge in [-0.25, -0.2) is 0 Å². The zero-order valence-electron chi connectivity index (χ0n) is 12.9. The van der Waals surface area contributed by atoms with E-state index in [4.69, 9.17) is 5.11 Å². The normalized spacial score (nSPS) is 16.4. The largest absolute Gasteiger partial charge is 0.481 e. The van der Waals surface area contributed by atoms with Crippen LogP contribution in [0, 0.1) is 0 Å². The second-order valence-electron chi connectivity index (χ2n) is 5.85. The number of rotatable bonds is 7. The van der Waals surface area contributed by atoms with Gasteiger partial charge in [-0.1, -0.05) is 31.9 Å². The minimum atomic E-state index is -0.853. The Labute approximate surface area is 135 Å². The molecule has 4 nitrogen and oxygen atoms in total. The third kappa shape index (κ3) is 4.50. The second kappa shape index (κ2) is 7.68. The summed E-state index contributed by atoms with van der Waals surface area (Å²) in [5.41, 5.74) is 1.23. The number of hydrogen-bond acceptors (Lipinski definition) is 3. The van der Waals surface area contributed by atoms with Crippen molar-refractivity contribution in [3.63, 3.8) is 0 Å². The smallest absolute Gasteiger partial charge is 0.305 e. The zero-order valence-corrected chi connectivity index (χ0v) is 13.7. The summed E-state index contributed by atoms with van der Waals surface area (Å²) in [6, 6.07) is 7.58. The van der Waals surface area contributed by atoms with Crippen molar-refractivity contribution in [1.29, 1.82) is 0 Å². The summed E-state index contributed by atoms with van der Waals surface area (Å²) in [6.45, 7) is 2.12. The molecule has 1 aliphatic rings. The summed E-state index contributed by atoms with van der Waals surface area (Å²) in [5, 5.41) is 12.1. The van der Waals surface area contributed by atoms with Crippen LogP contribution in [0.2, 0.25) is 0 Å². The van der Waals surface area contributed by atoms with Crippen LogP contribution < -0.4 is 5.32 Å². The van der Waals surface area contributed by atoms with E-state index in [1.807, 2.05) is 36.0 Å². The van der Waals surface area contributed by atoms with Gasteiger partial charge in [0.25, 0.3) is 5.91 Å². The molecule has 1 saturated carbocycles. The SMILES string of the molecule is CCSCc1ccc(C(=O)NC2(CC(=O)O)CCCC2)cc1. The van der Waals surface area contributed by atoms with Crippen LogP contribution in [-0.4, -0.2) is 28.3 Å². The molecule has 1 aliphatic carbocycles. The number of benzene rings is 1. The van der Waals surface area contributed by atoms with Gasteiger partial charge in [0.05, 0.1) is 12.0 Å². The van der Waals surface area contributed by atoms with Gasteiger partial charge in [0.1, 0.15) is 0 Å². The van der Waals surface area contributed by atoms with Crippen LogP contribution in [0.15, 0.2) is 24.3 Å². The van der Waals surface area contributed by atoms with E-state index in [2.05, 4.69) is 12.2 Å². The molecule has 0 aromatic heterocycles. The molecule has 0 atom stereocenters. The average Bonchev–Trinajstić information content (AvgIpc) is 2.92. The van der Waals surface area contributed by atoms with E-state index < -0.39 is 11.5 Å². The van der Waals surface area contributed by atoms with Crippen molar-refractivity contribution >= 4 is 23.6 Å². The van der Waals surface area contributed by atoms with E-state index in [1.54, 1.807) is 0 Å². The minimum absolute atomic E-state index is 0.00393. The molecule has 0 radical (unpaired) electrons. The molecule has 2 N–H and O–H groups in total. The van der Waals surface area contributed by atoms with Gasteiger partial charge in [-0.15, -0.1) is 0 Å². The molecule has 0 bridgehead atoms. The van der Waals surface area contributed by atoms with Gasteiger partial charge in [-0.2, -0.15) is 11.8 Å². The van der Waals surface area contributed by atoms with Crippen LogP contribution in [-0.2, 0) is 10.5 Å². The molecule has 1 aromatic rings. The van der Waals surface area contributed by atoms with E-state index in [1.165, 1.54) is 5.56 Å². The maximum absolute atomic E-state index is 12.4. The molecular weight excluding hydrogens is 298 g/mol. The Balaban J connectivity index is 2.02. The van der Waals surface area contributed by atoms with Gasteiger partial charge in [-0.3, -0.25) is 9.59 Å². The van der Waals surface area contributed by atoms with E-state index in [-0.39, 0.29) is 12.3 Å². The molecule has 0 heterocycles. The lowest BCUT2D eigenvalue weighted by molar-refractivity contribution is -0.138. The van der Waals surface area contributed by atoms with Crippen molar-refractivity contribution in [2.45, 2.75) is 50.3 Å². The number of carbonyl (C=O) groups excluding carboxylic acids is 1. The van der Waals surface area contributed by atoms with E-state index in [0.29, 0.717) is 5.56 Å². The van der Waals surface area contributed by atoms with Crippen molar-refractivity contribution < 1.29 is 14.7 Å². The number of amides is 1. The Bertz CT molecular complexity index is 521. The maximum atomic E-state index is 12.4. The first-order chi connectivity index (χ1) is 10.5. The lowest BCUT2D eigenvalue weighted by atomic mass is 9.92. The molecule has 22 heavy (non-hydrogen) atoms. The topological polar surface area (TPSA) is 66.4 Å². The number of carbonyl (C=O) groups is 2. The first kappa shape index (κ1) is 16.9. The quantitative estimate of drug-likeness (QED) is 0.807. The van der Waals surface area contributed by atoms with Crippen molar-refractivity contribution in [2.75, 3.05) is 5.75 Å². The lowest BCUT2D eigenvalue weighted by Crippen LogP contribution is -2.47. The highest BCUT2D eigenvalue weighted by atomic mass is 32.2. The standard InChI is InChI=1S/C17H23NO3S/c1-2-22-12-13-5-7-14(8-6-13)16(21)18-17(11-15(19)20)9-3-4-10-17/h5-8H,2-4,9-12H2,1H3,(H,18,21)(H,19,20). The summed E-state index contributed by atoms with van der Waals surface area (Å²) in [7, 11) is 0. The van der Waals surface area contributed by atoms with Crippen molar-refractivity contribution in [3.05, 3.63) is 35.4 Å². The summed E-state index contributed by atoms with van der Waals surface area (Å²) in [5.74, 6) is 0.994. The highest BCUT2D eigenvalue weighted by molar-refractivity contribution is 7.98. The Kier molecular flexibility index (Phi) is 5.89. The fraction of sp³-hybridized carbons (Fsp3) is 0.529. The molecule has 120 valence electrons.